The number of nitrogens with zero attached hydrogens (tertiary/aromatic N) is 2. The van der Waals surface area contributed by atoms with E-state index < -0.39 is 0 Å². The molecule has 0 saturated heterocycles. The van der Waals surface area contributed by atoms with Crippen molar-refractivity contribution in [2.45, 2.75) is 72.4 Å². The van der Waals surface area contributed by atoms with Gasteiger partial charge in [-0.25, -0.2) is 0 Å². The molecule has 2 rings (SSSR count). The van der Waals surface area contributed by atoms with Gasteiger partial charge in [0.2, 0.25) is 0 Å². The fourth-order valence-electron chi connectivity index (χ4n) is 3.75. The molecule has 2 atom stereocenters. The highest BCUT2D eigenvalue weighted by molar-refractivity contribution is 6.31. The summed E-state index contributed by atoms with van der Waals surface area (Å²) in [5.74, 6) is 0.621. The number of nitrogens with one attached hydrogen (secondary N) is 1. The third-order valence-electron chi connectivity index (χ3n) is 4.93. The van der Waals surface area contributed by atoms with Gasteiger partial charge in [-0.15, -0.1) is 0 Å². The Morgan fingerprint density at radius 1 is 1.48 bits per heavy atom. The third-order valence-corrected chi connectivity index (χ3v) is 5.22. The molecule has 1 saturated carbocycles. The zero-order chi connectivity index (χ0) is 15.6. The van der Waals surface area contributed by atoms with Crippen LogP contribution >= 0.6 is 11.6 Å². The Labute approximate surface area is 134 Å². The van der Waals surface area contributed by atoms with Crippen molar-refractivity contribution in [1.82, 2.24) is 15.1 Å². The van der Waals surface area contributed by atoms with E-state index in [9.17, 15) is 0 Å². The molecular weight excluding hydrogens is 282 g/mol. The van der Waals surface area contributed by atoms with Crippen LogP contribution in [0, 0.1) is 11.3 Å². The Hall–Kier alpha value is -0.540. The summed E-state index contributed by atoms with van der Waals surface area (Å²) < 4.78 is 2.10. The average Bonchev–Trinajstić information content (AvgIpc) is 2.94. The fraction of sp³-hybridized carbons (Fsp3) is 0.824. The van der Waals surface area contributed by atoms with Crippen LogP contribution in [0.3, 0.4) is 0 Å². The monoisotopic (exact) mass is 311 g/mol. The van der Waals surface area contributed by atoms with Gasteiger partial charge in [-0.05, 0) is 51.0 Å². The SMILES string of the molecule is CCCNC(c1c(Cl)cnn1C(C)C)C1CCCC1(C)C. The second-order valence-corrected chi connectivity index (χ2v) is 7.74. The molecule has 4 heteroatoms. The molecule has 3 nitrogen and oxygen atoms in total. The topological polar surface area (TPSA) is 29.9 Å². The average molecular weight is 312 g/mol. The highest BCUT2D eigenvalue weighted by Gasteiger charge is 2.41. The standard InChI is InChI=1S/C17H30ClN3/c1-6-10-19-15(13-8-7-9-17(13,4)5)16-14(18)11-20-21(16)12(2)3/h11-13,15,19H,6-10H2,1-5H3. The maximum atomic E-state index is 6.51. The zero-order valence-electron chi connectivity index (χ0n) is 14.1. The van der Waals surface area contributed by atoms with E-state index in [1.54, 1.807) is 6.20 Å². The Bertz CT molecular complexity index is 465. The summed E-state index contributed by atoms with van der Waals surface area (Å²) in [5.41, 5.74) is 1.54. The molecule has 0 amide bonds. The van der Waals surface area contributed by atoms with E-state index in [1.807, 2.05) is 0 Å². The summed E-state index contributed by atoms with van der Waals surface area (Å²) in [6.45, 7) is 12.4. The maximum absolute atomic E-state index is 6.51. The van der Waals surface area contributed by atoms with Crippen molar-refractivity contribution >= 4 is 11.6 Å². The van der Waals surface area contributed by atoms with Crippen LogP contribution in [0.1, 0.15) is 78.1 Å². The second-order valence-electron chi connectivity index (χ2n) is 7.34. The summed E-state index contributed by atoms with van der Waals surface area (Å²) >= 11 is 6.51. The number of rotatable bonds is 6. The molecule has 2 unspecified atom stereocenters. The molecule has 0 radical (unpaired) electrons. The molecule has 0 spiro atoms. The van der Waals surface area contributed by atoms with E-state index in [0.717, 1.165) is 18.0 Å². The van der Waals surface area contributed by atoms with Crippen molar-refractivity contribution in [1.29, 1.82) is 0 Å². The van der Waals surface area contributed by atoms with Gasteiger partial charge in [0, 0.05) is 6.04 Å². The predicted molar refractivity (Wildman–Crippen MR) is 89.8 cm³/mol. The Balaban J connectivity index is 2.38. The van der Waals surface area contributed by atoms with Crippen LogP contribution in [-0.2, 0) is 0 Å². The molecule has 21 heavy (non-hydrogen) atoms. The van der Waals surface area contributed by atoms with Gasteiger partial charge in [0.25, 0.3) is 0 Å². The first-order valence-electron chi connectivity index (χ1n) is 8.34. The van der Waals surface area contributed by atoms with Gasteiger partial charge in [0.15, 0.2) is 0 Å². The van der Waals surface area contributed by atoms with Gasteiger partial charge in [-0.3, -0.25) is 4.68 Å². The molecule has 0 aliphatic heterocycles. The number of aromatic nitrogens is 2. The van der Waals surface area contributed by atoms with E-state index >= 15 is 0 Å². The normalized spacial score (nSPS) is 22.9. The van der Waals surface area contributed by atoms with Crippen LogP contribution in [0.15, 0.2) is 6.20 Å². The first-order valence-corrected chi connectivity index (χ1v) is 8.72. The van der Waals surface area contributed by atoms with Gasteiger partial charge < -0.3 is 5.32 Å². The molecule has 1 fully saturated rings. The van der Waals surface area contributed by atoms with Crippen molar-refractivity contribution < 1.29 is 0 Å². The van der Waals surface area contributed by atoms with Crippen molar-refractivity contribution in [3.8, 4) is 0 Å². The summed E-state index contributed by atoms with van der Waals surface area (Å²) in [4.78, 5) is 0. The van der Waals surface area contributed by atoms with Gasteiger partial charge >= 0.3 is 0 Å². The zero-order valence-corrected chi connectivity index (χ0v) is 14.9. The lowest BCUT2D eigenvalue weighted by molar-refractivity contribution is 0.190. The van der Waals surface area contributed by atoms with Crippen LogP contribution in [-0.4, -0.2) is 16.3 Å². The molecule has 1 N–H and O–H groups in total. The minimum Gasteiger partial charge on any atom is -0.308 e. The second kappa shape index (κ2) is 6.70. The predicted octanol–water partition coefficient (Wildman–Crippen LogP) is 4.98. The van der Waals surface area contributed by atoms with Crippen LogP contribution in [0.25, 0.3) is 0 Å². The van der Waals surface area contributed by atoms with Gasteiger partial charge in [-0.1, -0.05) is 38.8 Å². The van der Waals surface area contributed by atoms with Crippen molar-refractivity contribution in [2.24, 2.45) is 11.3 Å². The smallest absolute Gasteiger partial charge is 0.0834 e. The van der Waals surface area contributed by atoms with Crippen LogP contribution in [0.2, 0.25) is 5.02 Å². The van der Waals surface area contributed by atoms with Crippen LogP contribution < -0.4 is 5.32 Å². The largest absolute Gasteiger partial charge is 0.308 e. The molecule has 1 aromatic rings. The number of hydrogen-bond donors (Lipinski definition) is 1. The van der Waals surface area contributed by atoms with E-state index in [0.29, 0.717) is 23.4 Å². The molecule has 1 heterocycles. The van der Waals surface area contributed by atoms with Crippen molar-refractivity contribution in [3.63, 3.8) is 0 Å². The first kappa shape index (κ1) is 16.8. The van der Waals surface area contributed by atoms with E-state index in [2.05, 4.69) is 49.7 Å². The Kier molecular flexibility index (Phi) is 5.37. The summed E-state index contributed by atoms with van der Waals surface area (Å²) in [6.07, 6.45) is 6.83. The maximum Gasteiger partial charge on any atom is 0.0834 e. The van der Waals surface area contributed by atoms with Gasteiger partial charge in [0.05, 0.1) is 23.0 Å². The molecule has 1 aliphatic rings. The Morgan fingerprint density at radius 2 is 2.19 bits per heavy atom. The molecule has 1 aromatic heterocycles. The number of hydrogen-bond acceptors (Lipinski definition) is 2. The molecule has 0 bridgehead atoms. The quantitative estimate of drug-likeness (QED) is 0.802. The van der Waals surface area contributed by atoms with Crippen molar-refractivity contribution in [2.75, 3.05) is 6.54 Å². The molecular formula is C17H30ClN3. The van der Waals surface area contributed by atoms with Gasteiger partial charge in [0.1, 0.15) is 0 Å². The van der Waals surface area contributed by atoms with Crippen LogP contribution in [0.4, 0.5) is 0 Å². The molecule has 1 aliphatic carbocycles. The molecule has 120 valence electrons. The summed E-state index contributed by atoms with van der Waals surface area (Å²) in [6, 6.07) is 0.641. The third kappa shape index (κ3) is 3.45. The molecule has 0 aromatic carbocycles. The Morgan fingerprint density at radius 3 is 2.71 bits per heavy atom. The van der Waals surface area contributed by atoms with Crippen LogP contribution in [0.5, 0.6) is 0 Å². The van der Waals surface area contributed by atoms with E-state index in [4.69, 9.17) is 11.6 Å². The lowest BCUT2D eigenvalue weighted by Gasteiger charge is -2.35. The fourth-order valence-corrected chi connectivity index (χ4v) is 4.00. The highest BCUT2D eigenvalue weighted by atomic mass is 35.5. The number of halogens is 1. The van der Waals surface area contributed by atoms with Gasteiger partial charge in [-0.2, -0.15) is 5.10 Å². The lowest BCUT2D eigenvalue weighted by Crippen LogP contribution is -2.36. The summed E-state index contributed by atoms with van der Waals surface area (Å²) in [7, 11) is 0. The van der Waals surface area contributed by atoms with E-state index in [-0.39, 0.29) is 0 Å². The first-order chi connectivity index (χ1) is 9.88. The highest BCUT2D eigenvalue weighted by Crippen LogP contribution is 2.49. The van der Waals surface area contributed by atoms with E-state index in [1.165, 1.54) is 25.0 Å². The minimum absolute atomic E-state index is 0.305. The minimum atomic E-state index is 0.305. The summed E-state index contributed by atoms with van der Waals surface area (Å²) in [5, 5.41) is 9.07. The lowest BCUT2D eigenvalue weighted by atomic mass is 9.76. The van der Waals surface area contributed by atoms with Crippen molar-refractivity contribution in [3.05, 3.63) is 16.9 Å².